The Bertz CT molecular complexity index is 1080. The maximum atomic E-state index is 12.8. The molecule has 3 aromatic heterocycles. The molecule has 1 aliphatic heterocycles. The number of piperazine rings is 1. The Labute approximate surface area is 192 Å². The van der Waals surface area contributed by atoms with Crippen LogP contribution < -0.4 is 4.90 Å². The first-order valence-corrected chi connectivity index (χ1v) is 13.1. The van der Waals surface area contributed by atoms with Crippen LogP contribution in [-0.4, -0.2) is 47.0 Å². The molecular weight excluding hydrogens is 424 g/mol. The average Bonchev–Trinajstić information content (AvgIpc) is 3.45. The summed E-state index contributed by atoms with van der Waals surface area (Å²) < 4.78 is 0. The quantitative estimate of drug-likeness (QED) is 0.533. The van der Waals surface area contributed by atoms with Crippen molar-refractivity contribution in [3.63, 3.8) is 0 Å². The average molecular weight is 455 g/mol. The van der Waals surface area contributed by atoms with Crippen LogP contribution in [0.4, 0.5) is 5.82 Å². The van der Waals surface area contributed by atoms with E-state index in [4.69, 9.17) is 9.97 Å². The molecule has 0 N–H and O–H groups in total. The third-order valence-electron chi connectivity index (χ3n) is 6.80. The molecular formula is C24H30N4OS2. The van der Waals surface area contributed by atoms with Crippen molar-refractivity contribution in [1.29, 1.82) is 0 Å². The Morgan fingerprint density at radius 3 is 2.77 bits per heavy atom. The summed E-state index contributed by atoms with van der Waals surface area (Å²) >= 11 is 3.41. The highest BCUT2D eigenvalue weighted by Crippen LogP contribution is 2.42. The molecule has 1 amide bonds. The van der Waals surface area contributed by atoms with Gasteiger partial charge in [0.25, 0.3) is 5.91 Å². The number of rotatable bonds is 4. The fourth-order valence-electron chi connectivity index (χ4n) is 4.65. The van der Waals surface area contributed by atoms with Crippen LogP contribution in [-0.2, 0) is 12.8 Å². The number of fused-ring (bicyclic) bond motifs is 3. The first kappa shape index (κ1) is 20.9. The van der Waals surface area contributed by atoms with Crippen molar-refractivity contribution in [3.05, 3.63) is 38.7 Å². The van der Waals surface area contributed by atoms with E-state index < -0.39 is 0 Å². The minimum Gasteiger partial charge on any atom is -0.352 e. The van der Waals surface area contributed by atoms with Gasteiger partial charge in [0.2, 0.25) is 0 Å². The molecule has 7 heteroatoms. The molecule has 1 fully saturated rings. The molecule has 3 aromatic rings. The van der Waals surface area contributed by atoms with Crippen molar-refractivity contribution in [2.24, 2.45) is 5.92 Å². The number of aromatic nitrogens is 2. The van der Waals surface area contributed by atoms with E-state index in [9.17, 15) is 4.79 Å². The summed E-state index contributed by atoms with van der Waals surface area (Å²) in [6.07, 6.45) is 4.58. The highest BCUT2D eigenvalue weighted by Gasteiger charge is 2.29. The number of hydrogen-bond donors (Lipinski definition) is 0. The Balaban J connectivity index is 1.48. The van der Waals surface area contributed by atoms with Crippen molar-refractivity contribution in [3.8, 4) is 0 Å². The highest BCUT2D eigenvalue weighted by molar-refractivity contribution is 7.19. The Hall–Kier alpha value is -1.99. The SMILES string of the molecule is CC[C@H](C)c1nc(N2CCN(C(=O)c3cccs3)CC2)c2c3c(sc2n1)C[C@@H](C)CC3. The summed E-state index contributed by atoms with van der Waals surface area (Å²) in [5.74, 6) is 3.33. The zero-order valence-electron chi connectivity index (χ0n) is 18.6. The molecule has 0 spiro atoms. The molecule has 31 heavy (non-hydrogen) atoms. The number of thiophene rings is 2. The predicted octanol–water partition coefficient (Wildman–Crippen LogP) is 5.35. The van der Waals surface area contributed by atoms with E-state index in [2.05, 4.69) is 25.7 Å². The van der Waals surface area contributed by atoms with Gasteiger partial charge >= 0.3 is 0 Å². The van der Waals surface area contributed by atoms with Crippen LogP contribution in [0.15, 0.2) is 17.5 Å². The number of carbonyl (C=O) groups excluding carboxylic acids is 1. The predicted molar refractivity (Wildman–Crippen MR) is 130 cm³/mol. The van der Waals surface area contributed by atoms with Gasteiger partial charge < -0.3 is 9.80 Å². The largest absolute Gasteiger partial charge is 0.352 e. The van der Waals surface area contributed by atoms with Gasteiger partial charge in [-0.1, -0.05) is 26.8 Å². The number of carbonyl (C=O) groups is 1. The van der Waals surface area contributed by atoms with Gasteiger partial charge in [0.1, 0.15) is 16.5 Å². The Morgan fingerprint density at radius 2 is 2.06 bits per heavy atom. The summed E-state index contributed by atoms with van der Waals surface area (Å²) in [4.78, 5) is 30.8. The van der Waals surface area contributed by atoms with Gasteiger partial charge in [-0.15, -0.1) is 22.7 Å². The molecule has 5 nitrogen and oxygen atoms in total. The van der Waals surface area contributed by atoms with Crippen LogP contribution in [0.5, 0.6) is 0 Å². The van der Waals surface area contributed by atoms with Crippen LogP contribution in [0.2, 0.25) is 0 Å². The van der Waals surface area contributed by atoms with E-state index in [1.807, 2.05) is 33.7 Å². The molecule has 164 valence electrons. The fourth-order valence-corrected chi connectivity index (χ4v) is 6.72. The molecule has 0 radical (unpaired) electrons. The second-order valence-corrected chi connectivity index (χ2v) is 11.0. The first-order valence-electron chi connectivity index (χ1n) is 11.4. The number of hydrogen-bond acceptors (Lipinski definition) is 6. The molecule has 0 unspecified atom stereocenters. The van der Waals surface area contributed by atoms with E-state index in [0.717, 1.165) is 72.7 Å². The maximum Gasteiger partial charge on any atom is 0.264 e. The summed E-state index contributed by atoms with van der Waals surface area (Å²) in [5, 5.41) is 3.26. The van der Waals surface area contributed by atoms with Gasteiger partial charge in [0.15, 0.2) is 0 Å². The fraction of sp³-hybridized carbons (Fsp3) is 0.542. The second-order valence-electron chi connectivity index (χ2n) is 9.00. The lowest BCUT2D eigenvalue weighted by Crippen LogP contribution is -2.49. The summed E-state index contributed by atoms with van der Waals surface area (Å²) in [6.45, 7) is 9.91. The molecule has 1 saturated heterocycles. The molecule has 1 aliphatic carbocycles. The molecule has 0 saturated carbocycles. The monoisotopic (exact) mass is 454 g/mol. The van der Waals surface area contributed by atoms with E-state index >= 15 is 0 Å². The van der Waals surface area contributed by atoms with Crippen LogP contribution in [0.3, 0.4) is 0 Å². The normalized spacial score (nSPS) is 20.2. The minimum absolute atomic E-state index is 0.157. The third-order valence-corrected chi connectivity index (χ3v) is 8.81. The Kier molecular flexibility index (Phi) is 5.73. The number of amides is 1. The van der Waals surface area contributed by atoms with E-state index in [1.165, 1.54) is 33.6 Å². The van der Waals surface area contributed by atoms with E-state index in [0.29, 0.717) is 5.92 Å². The first-order chi connectivity index (χ1) is 15.0. The van der Waals surface area contributed by atoms with Crippen molar-refractivity contribution in [2.45, 2.75) is 52.4 Å². The standard InChI is InChI=1S/C24H30N4OS2/c1-4-16(3)21-25-22(20-17-8-7-15(2)14-19(17)31-23(20)26-21)27-9-11-28(12-10-27)24(29)18-6-5-13-30-18/h5-6,13,15-16H,4,7-12,14H2,1-3H3/t15-,16-/m0/s1. The highest BCUT2D eigenvalue weighted by atomic mass is 32.1. The van der Waals surface area contributed by atoms with Gasteiger partial charge in [-0.2, -0.15) is 0 Å². The van der Waals surface area contributed by atoms with Gasteiger partial charge in [0, 0.05) is 37.0 Å². The molecule has 2 aliphatic rings. The van der Waals surface area contributed by atoms with Crippen LogP contribution in [0.25, 0.3) is 10.2 Å². The lowest BCUT2D eigenvalue weighted by atomic mass is 9.89. The van der Waals surface area contributed by atoms with Crippen LogP contribution in [0, 0.1) is 5.92 Å². The van der Waals surface area contributed by atoms with Crippen LogP contribution >= 0.6 is 22.7 Å². The Morgan fingerprint density at radius 1 is 1.26 bits per heavy atom. The van der Waals surface area contributed by atoms with Crippen molar-refractivity contribution in [2.75, 3.05) is 31.1 Å². The zero-order chi connectivity index (χ0) is 21.5. The number of aryl methyl sites for hydroxylation is 1. The lowest BCUT2D eigenvalue weighted by molar-refractivity contribution is 0.0751. The maximum absolute atomic E-state index is 12.8. The lowest BCUT2D eigenvalue weighted by Gasteiger charge is -2.36. The third kappa shape index (κ3) is 3.87. The summed E-state index contributed by atoms with van der Waals surface area (Å²) in [7, 11) is 0. The van der Waals surface area contributed by atoms with E-state index in [-0.39, 0.29) is 5.91 Å². The summed E-state index contributed by atoms with van der Waals surface area (Å²) in [6, 6.07) is 3.87. The van der Waals surface area contributed by atoms with Gasteiger partial charge in [0.05, 0.1) is 10.3 Å². The van der Waals surface area contributed by atoms with Crippen LogP contribution in [0.1, 0.15) is 65.5 Å². The second kappa shape index (κ2) is 8.51. The minimum atomic E-state index is 0.157. The number of anilines is 1. The topological polar surface area (TPSA) is 49.3 Å². The van der Waals surface area contributed by atoms with Crippen molar-refractivity contribution < 1.29 is 4.79 Å². The van der Waals surface area contributed by atoms with E-state index in [1.54, 1.807) is 0 Å². The smallest absolute Gasteiger partial charge is 0.264 e. The molecule has 5 rings (SSSR count). The van der Waals surface area contributed by atoms with Crippen molar-refractivity contribution >= 4 is 44.6 Å². The zero-order valence-corrected chi connectivity index (χ0v) is 20.2. The van der Waals surface area contributed by atoms with Crippen molar-refractivity contribution in [1.82, 2.24) is 14.9 Å². The summed E-state index contributed by atoms with van der Waals surface area (Å²) in [5.41, 5.74) is 1.49. The van der Waals surface area contributed by atoms with Gasteiger partial charge in [-0.3, -0.25) is 4.79 Å². The molecule has 0 aromatic carbocycles. The molecule has 2 atom stereocenters. The van der Waals surface area contributed by atoms with Gasteiger partial charge in [-0.05, 0) is 48.6 Å². The molecule has 4 heterocycles. The number of nitrogens with zero attached hydrogens (tertiary/aromatic N) is 4. The molecule has 0 bridgehead atoms. The van der Waals surface area contributed by atoms with Gasteiger partial charge in [-0.25, -0.2) is 9.97 Å².